The van der Waals surface area contributed by atoms with Crippen molar-refractivity contribution >= 4 is 27.0 Å². The van der Waals surface area contributed by atoms with Crippen LogP contribution < -0.4 is 10.0 Å². The SMILES string of the molecule is Cc1ccc(NS(=O)(=O)c2ccc(CNC(C)C)s2)cn1. The summed E-state index contributed by atoms with van der Waals surface area (Å²) >= 11 is 1.27. The molecule has 21 heavy (non-hydrogen) atoms. The minimum atomic E-state index is -3.54. The Hall–Kier alpha value is -1.44. The summed E-state index contributed by atoms with van der Waals surface area (Å²) in [4.78, 5) is 5.07. The van der Waals surface area contributed by atoms with Gasteiger partial charge in [-0.05, 0) is 31.2 Å². The summed E-state index contributed by atoms with van der Waals surface area (Å²) in [5.74, 6) is 0. The van der Waals surface area contributed by atoms with E-state index in [2.05, 4.69) is 28.9 Å². The number of thiophene rings is 1. The van der Waals surface area contributed by atoms with Crippen molar-refractivity contribution < 1.29 is 8.42 Å². The molecule has 5 nitrogen and oxygen atoms in total. The van der Waals surface area contributed by atoms with Gasteiger partial charge < -0.3 is 5.32 Å². The molecule has 0 spiro atoms. The highest BCUT2D eigenvalue weighted by atomic mass is 32.2. The summed E-state index contributed by atoms with van der Waals surface area (Å²) in [5.41, 5.74) is 1.31. The zero-order chi connectivity index (χ0) is 15.5. The molecule has 0 fully saturated rings. The maximum absolute atomic E-state index is 12.3. The predicted octanol–water partition coefficient (Wildman–Crippen LogP) is 2.75. The van der Waals surface area contributed by atoms with Crippen LogP contribution in [0.2, 0.25) is 0 Å². The minimum Gasteiger partial charge on any atom is -0.310 e. The van der Waals surface area contributed by atoms with E-state index in [-0.39, 0.29) is 0 Å². The first-order valence-corrected chi connectivity index (χ1v) is 8.94. The van der Waals surface area contributed by atoms with Crippen LogP contribution in [-0.4, -0.2) is 19.4 Å². The van der Waals surface area contributed by atoms with Crippen LogP contribution in [0, 0.1) is 6.92 Å². The lowest BCUT2D eigenvalue weighted by Gasteiger charge is -2.06. The standard InChI is InChI=1S/C14H19N3O2S2/c1-10(2)15-9-13-6-7-14(20-13)21(18,19)17-12-5-4-11(3)16-8-12/h4-8,10,15,17H,9H2,1-3H3. The summed E-state index contributed by atoms with van der Waals surface area (Å²) in [6.45, 7) is 6.63. The predicted molar refractivity (Wildman–Crippen MR) is 86.1 cm³/mol. The summed E-state index contributed by atoms with van der Waals surface area (Å²) in [7, 11) is -3.54. The molecular formula is C14H19N3O2S2. The van der Waals surface area contributed by atoms with Crippen LogP contribution in [0.25, 0.3) is 0 Å². The van der Waals surface area contributed by atoms with Crippen molar-refractivity contribution in [1.82, 2.24) is 10.3 Å². The number of hydrogen-bond donors (Lipinski definition) is 2. The van der Waals surface area contributed by atoms with Crippen LogP contribution >= 0.6 is 11.3 Å². The van der Waals surface area contributed by atoms with Gasteiger partial charge in [-0.1, -0.05) is 13.8 Å². The number of pyridine rings is 1. The summed E-state index contributed by atoms with van der Waals surface area (Å²) in [6.07, 6.45) is 1.52. The van der Waals surface area contributed by atoms with Crippen LogP contribution in [0.15, 0.2) is 34.7 Å². The number of aryl methyl sites for hydroxylation is 1. The molecule has 2 heterocycles. The Balaban J connectivity index is 2.10. The highest BCUT2D eigenvalue weighted by Gasteiger charge is 2.17. The second-order valence-corrected chi connectivity index (χ2v) is 8.13. The molecule has 0 aromatic carbocycles. The third-order valence-corrected chi connectivity index (χ3v) is 5.71. The van der Waals surface area contributed by atoms with Gasteiger partial charge in [0.15, 0.2) is 0 Å². The molecule has 0 aliphatic rings. The Labute approximate surface area is 129 Å². The fourth-order valence-corrected chi connectivity index (χ4v) is 3.99. The van der Waals surface area contributed by atoms with Crippen LogP contribution in [-0.2, 0) is 16.6 Å². The van der Waals surface area contributed by atoms with E-state index in [9.17, 15) is 8.42 Å². The average Bonchev–Trinajstić information content (AvgIpc) is 2.88. The number of nitrogens with one attached hydrogen (secondary N) is 2. The largest absolute Gasteiger partial charge is 0.310 e. The molecule has 0 bridgehead atoms. The van der Waals surface area contributed by atoms with Crippen molar-refractivity contribution in [2.75, 3.05) is 4.72 Å². The minimum absolute atomic E-state index is 0.309. The zero-order valence-corrected chi connectivity index (χ0v) is 13.9. The fraction of sp³-hybridized carbons (Fsp3) is 0.357. The van der Waals surface area contributed by atoms with E-state index in [0.29, 0.717) is 22.5 Å². The Morgan fingerprint density at radius 3 is 2.62 bits per heavy atom. The Morgan fingerprint density at radius 1 is 1.24 bits per heavy atom. The van der Waals surface area contributed by atoms with Gasteiger partial charge in [-0.2, -0.15) is 0 Å². The lowest BCUT2D eigenvalue weighted by Crippen LogP contribution is -2.21. The number of rotatable bonds is 6. The van der Waals surface area contributed by atoms with Crippen LogP contribution in [0.3, 0.4) is 0 Å². The molecule has 2 rings (SSSR count). The molecule has 0 amide bonds. The maximum atomic E-state index is 12.3. The highest BCUT2D eigenvalue weighted by molar-refractivity contribution is 7.94. The van der Waals surface area contributed by atoms with Gasteiger partial charge >= 0.3 is 0 Å². The first-order chi connectivity index (χ1) is 9.87. The third kappa shape index (κ3) is 4.52. The van der Waals surface area contributed by atoms with Gasteiger partial charge in [0.2, 0.25) is 0 Å². The molecule has 2 N–H and O–H groups in total. The van der Waals surface area contributed by atoms with Crippen molar-refractivity contribution in [2.45, 2.75) is 37.6 Å². The molecular weight excluding hydrogens is 306 g/mol. The van der Waals surface area contributed by atoms with Crippen LogP contribution in [0.5, 0.6) is 0 Å². The maximum Gasteiger partial charge on any atom is 0.271 e. The molecule has 0 unspecified atom stereocenters. The van der Waals surface area contributed by atoms with E-state index in [1.54, 1.807) is 18.2 Å². The van der Waals surface area contributed by atoms with Crippen molar-refractivity contribution in [3.8, 4) is 0 Å². The van der Waals surface area contributed by atoms with Gasteiger partial charge in [-0.3, -0.25) is 9.71 Å². The van der Waals surface area contributed by atoms with Crippen molar-refractivity contribution in [1.29, 1.82) is 0 Å². The smallest absolute Gasteiger partial charge is 0.271 e. The topological polar surface area (TPSA) is 71.1 Å². The molecule has 2 aromatic heterocycles. The first kappa shape index (κ1) is 15.9. The number of aromatic nitrogens is 1. The quantitative estimate of drug-likeness (QED) is 0.857. The summed E-state index contributed by atoms with van der Waals surface area (Å²) in [6, 6.07) is 7.30. The van der Waals surface area contributed by atoms with Crippen molar-refractivity contribution in [2.24, 2.45) is 0 Å². The van der Waals surface area contributed by atoms with Gasteiger partial charge in [0.1, 0.15) is 4.21 Å². The number of anilines is 1. The Morgan fingerprint density at radius 2 is 2.00 bits per heavy atom. The number of hydrogen-bond acceptors (Lipinski definition) is 5. The molecule has 2 aromatic rings. The van der Waals surface area contributed by atoms with Gasteiger partial charge in [0.05, 0.1) is 11.9 Å². The van der Waals surface area contributed by atoms with E-state index in [0.717, 1.165) is 10.6 Å². The van der Waals surface area contributed by atoms with Crippen LogP contribution in [0.1, 0.15) is 24.4 Å². The molecule has 114 valence electrons. The van der Waals surface area contributed by atoms with Gasteiger partial charge in [-0.15, -0.1) is 11.3 Å². The first-order valence-electron chi connectivity index (χ1n) is 6.64. The van der Waals surface area contributed by atoms with E-state index in [4.69, 9.17) is 0 Å². The van der Waals surface area contributed by atoms with Gasteiger partial charge in [0, 0.05) is 23.2 Å². The fourth-order valence-electron chi connectivity index (χ4n) is 1.64. The molecule has 0 aliphatic carbocycles. The average molecular weight is 325 g/mol. The lowest BCUT2D eigenvalue weighted by atomic mass is 10.4. The molecule has 0 saturated carbocycles. The highest BCUT2D eigenvalue weighted by Crippen LogP contribution is 2.24. The molecule has 0 radical (unpaired) electrons. The Bertz CT molecular complexity index is 691. The van der Waals surface area contributed by atoms with E-state index >= 15 is 0 Å². The Kier molecular flexibility index (Phi) is 4.97. The van der Waals surface area contributed by atoms with E-state index in [1.165, 1.54) is 17.5 Å². The summed E-state index contributed by atoms with van der Waals surface area (Å²) in [5, 5.41) is 3.27. The molecule has 7 heteroatoms. The van der Waals surface area contributed by atoms with Gasteiger partial charge in [-0.25, -0.2) is 8.42 Å². The third-order valence-electron chi connectivity index (χ3n) is 2.75. The second kappa shape index (κ2) is 6.55. The van der Waals surface area contributed by atoms with E-state index < -0.39 is 10.0 Å². The van der Waals surface area contributed by atoms with Gasteiger partial charge in [0.25, 0.3) is 10.0 Å². The van der Waals surface area contributed by atoms with E-state index in [1.807, 2.05) is 13.0 Å². The monoisotopic (exact) mass is 325 g/mol. The molecule has 0 saturated heterocycles. The molecule has 0 atom stereocenters. The zero-order valence-electron chi connectivity index (χ0n) is 12.3. The van der Waals surface area contributed by atoms with Crippen molar-refractivity contribution in [3.05, 3.63) is 41.0 Å². The number of sulfonamides is 1. The second-order valence-electron chi connectivity index (χ2n) is 5.05. The normalized spacial score (nSPS) is 11.8. The van der Waals surface area contributed by atoms with Crippen LogP contribution in [0.4, 0.5) is 5.69 Å². The summed E-state index contributed by atoms with van der Waals surface area (Å²) < 4.78 is 27.4. The molecule has 0 aliphatic heterocycles. The number of nitrogens with zero attached hydrogens (tertiary/aromatic N) is 1. The lowest BCUT2D eigenvalue weighted by molar-refractivity contribution is 0.593. The van der Waals surface area contributed by atoms with Crippen molar-refractivity contribution in [3.63, 3.8) is 0 Å².